The van der Waals surface area contributed by atoms with E-state index in [2.05, 4.69) is 6.42 Å². The van der Waals surface area contributed by atoms with Gasteiger partial charge in [-0.25, -0.2) is 0 Å². The fourth-order valence-corrected chi connectivity index (χ4v) is 1.55. The van der Waals surface area contributed by atoms with Crippen molar-refractivity contribution in [3.05, 3.63) is 6.42 Å². The van der Waals surface area contributed by atoms with Gasteiger partial charge in [0, 0.05) is 19.0 Å². The number of hydrogen-bond acceptors (Lipinski definition) is 1. The molecule has 1 saturated heterocycles. The first-order valence-electron chi connectivity index (χ1n) is 4.48. The standard InChI is InChI=1S/C9H14NO/c11-9(8-4-5-8)10-6-2-1-3-7-10/h2,8H,1,3-7H2. The molecule has 1 aliphatic heterocycles. The highest BCUT2D eigenvalue weighted by Crippen LogP contribution is 2.31. The zero-order chi connectivity index (χ0) is 7.68. The normalized spacial score (nSPS) is 25.3. The average Bonchev–Trinajstić information content (AvgIpc) is 2.87. The summed E-state index contributed by atoms with van der Waals surface area (Å²) in [7, 11) is 0. The van der Waals surface area contributed by atoms with Crippen LogP contribution in [0.3, 0.4) is 0 Å². The third-order valence-corrected chi connectivity index (χ3v) is 2.42. The lowest BCUT2D eigenvalue weighted by atomic mass is 10.1. The Morgan fingerprint density at radius 3 is 2.82 bits per heavy atom. The van der Waals surface area contributed by atoms with E-state index in [0.29, 0.717) is 11.8 Å². The Morgan fingerprint density at radius 1 is 1.45 bits per heavy atom. The van der Waals surface area contributed by atoms with Gasteiger partial charge in [-0.3, -0.25) is 4.79 Å². The van der Waals surface area contributed by atoms with Gasteiger partial charge in [0.1, 0.15) is 0 Å². The second-order valence-corrected chi connectivity index (χ2v) is 3.49. The van der Waals surface area contributed by atoms with Gasteiger partial charge in [0.25, 0.3) is 0 Å². The highest BCUT2D eigenvalue weighted by Gasteiger charge is 2.33. The van der Waals surface area contributed by atoms with Crippen LogP contribution in [0.5, 0.6) is 0 Å². The number of amides is 1. The van der Waals surface area contributed by atoms with Crippen LogP contribution in [0.4, 0.5) is 0 Å². The summed E-state index contributed by atoms with van der Waals surface area (Å²) in [5.74, 6) is 0.808. The average molecular weight is 152 g/mol. The molecule has 0 aromatic carbocycles. The van der Waals surface area contributed by atoms with E-state index < -0.39 is 0 Å². The van der Waals surface area contributed by atoms with Crippen LogP contribution in [-0.4, -0.2) is 23.9 Å². The lowest BCUT2D eigenvalue weighted by Gasteiger charge is -2.26. The molecule has 0 aromatic rings. The maximum absolute atomic E-state index is 11.5. The first kappa shape index (κ1) is 7.14. The first-order chi connectivity index (χ1) is 5.38. The van der Waals surface area contributed by atoms with Crippen molar-refractivity contribution in [2.75, 3.05) is 13.1 Å². The molecule has 0 N–H and O–H groups in total. The van der Waals surface area contributed by atoms with Gasteiger partial charge in [0.2, 0.25) is 5.91 Å². The van der Waals surface area contributed by atoms with Gasteiger partial charge in [-0.2, -0.15) is 0 Å². The molecular formula is C9H14NO. The summed E-state index contributed by atoms with van der Waals surface area (Å²) in [6.07, 6.45) is 6.83. The fourth-order valence-electron chi connectivity index (χ4n) is 1.55. The Hall–Kier alpha value is -0.530. The predicted octanol–water partition coefficient (Wildman–Crippen LogP) is 1.22. The highest BCUT2D eigenvalue weighted by atomic mass is 16.2. The fraction of sp³-hybridized carbons (Fsp3) is 0.778. The molecule has 0 atom stereocenters. The van der Waals surface area contributed by atoms with Crippen molar-refractivity contribution in [3.8, 4) is 0 Å². The smallest absolute Gasteiger partial charge is 0.225 e. The maximum Gasteiger partial charge on any atom is 0.225 e. The minimum atomic E-state index is 0.404. The van der Waals surface area contributed by atoms with Crippen LogP contribution >= 0.6 is 0 Å². The lowest BCUT2D eigenvalue weighted by Crippen LogP contribution is -2.36. The molecule has 1 amide bonds. The molecule has 1 saturated carbocycles. The van der Waals surface area contributed by atoms with E-state index in [-0.39, 0.29) is 0 Å². The second-order valence-electron chi connectivity index (χ2n) is 3.49. The van der Waals surface area contributed by atoms with Crippen molar-refractivity contribution >= 4 is 5.91 Å². The van der Waals surface area contributed by atoms with Gasteiger partial charge in [0.05, 0.1) is 0 Å². The van der Waals surface area contributed by atoms with Gasteiger partial charge in [0.15, 0.2) is 0 Å². The highest BCUT2D eigenvalue weighted by molar-refractivity contribution is 5.81. The molecule has 2 fully saturated rings. The number of carbonyl (C=O) groups excluding carboxylic acids is 1. The summed E-state index contributed by atoms with van der Waals surface area (Å²) in [5.41, 5.74) is 0. The van der Waals surface area contributed by atoms with Crippen molar-refractivity contribution in [3.63, 3.8) is 0 Å². The van der Waals surface area contributed by atoms with Crippen molar-refractivity contribution in [2.45, 2.75) is 25.7 Å². The second kappa shape index (κ2) is 2.84. The molecule has 0 unspecified atom stereocenters. The minimum Gasteiger partial charge on any atom is -0.342 e. The van der Waals surface area contributed by atoms with Gasteiger partial charge in [-0.1, -0.05) is 0 Å². The van der Waals surface area contributed by atoms with E-state index in [1.165, 1.54) is 12.8 Å². The summed E-state index contributed by atoms with van der Waals surface area (Å²) >= 11 is 0. The summed E-state index contributed by atoms with van der Waals surface area (Å²) in [5, 5.41) is 0. The van der Waals surface area contributed by atoms with Crippen molar-refractivity contribution in [1.29, 1.82) is 0 Å². The largest absolute Gasteiger partial charge is 0.342 e. The van der Waals surface area contributed by atoms with E-state index in [9.17, 15) is 4.79 Å². The SMILES string of the molecule is O=C(C1CC1)N1C[CH]CCC1. The molecule has 1 radical (unpaired) electrons. The zero-order valence-corrected chi connectivity index (χ0v) is 6.75. The van der Waals surface area contributed by atoms with Crippen LogP contribution < -0.4 is 0 Å². The minimum absolute atomic E-state index is 0.404. The van der Waals surface area contributed by atoms with E-state index in [1.54, 1.807) is 0 Å². The Kier molecular flexibility index (Phi) is 1.84. The molecule has 2 heteroatoms. The van der Waals surface area contributed by atoms with Gasteiger partial charge < -0.3 is 4.90 Å². The van der Waals surface area contributed by atoms with E-state index in [4.69, 9.17) is 0 Å². The van der Waals surface area contributed by atoms with Gasteiger partial charge >= 0.3 is 0 Å². The van der Waals surface area contributed by atoms with E-state index >= 15 is 0 Å². The Bertz CT molecular complexity index is 157. The van der Waals surface area contributed by atoms with Gasteiger partial charge in [-0.15, -0.1) is 0 Å². The third-order valence-electron chi connectivity index (χ3n) is 2.42. The summed E-state index contributed by atoms with van der Waals surface area (Å²) in [4.78, 5) is 13.5. The Balaban J connectivity index is 1.86. The number of carbonyl (C=O) groups is 1. The molecule has 1 aliphatic carbocycles. The Labute approximate surface area is 67.6 Å². The summed E-state index contributed by atoms with van der Waals surface area (Å²) in [6, 6.07) is 0. The molecule has 61 valence electrons. The van der Waals surface area contributed by atoms with Crippen LogP contribution in [0.2, 0.25) is 0 Å². The number of rotatable bonds is 1. The van der Waals surface area contributed by atoms with E-state index in [1.807, 2.05) is 4.90 Å². The number of nitrogens with zero attached hydrogens (tertiary/aromatic N) is 1. The Morgan fingerprint density at radius 2 is 2.27 bits per heavy atom. The molecule has 2 rings (SSSR count). The first-order valence-corrected chi connectivity index (χ1v) is 4.48. The topological polar surface area (TPSA) is 20.3 Å². The van der Waals surface area contributed by atoms with Crippen molar-refractivity contribution in [2.24, 2.45) is 5.92 Å². The molecular weight excluding hydrogens is 138 g/mol. The van der Waals surface area contributed by atoms with Crippen LogP contribution in [0, 0.1) is 12.3 Å². The molecule has 0 aromatic heterocycles. The molecule has 2 nitrogen and oxygen atoms in total. The van der Waals surface area contributed by atoms with Gasteiger partial charge in [-0.05, 0) is 32.1 Å². The summed E-state index contributed by atoms with van der Waals surface area (Å²) in [6.45, 7) is 1.89. The van der Waals surface area contributed by atoms with E-state index in [0.717, 1.165) is 25.9 Å². The van der Waals surface area contributed by atoms with Crippen LogP contribution in [0.1, 0.15) is 25.7 Å². The molecule has 0 spiro atoms. The van der Waals surface area contributed by atoms with Crippen LogP contribution in [-0.2, 0) is 4.79 Å². The molecule has 2 aliphatic rings. The molecule has 1 heterocycles. The number of piperidine rings is 1. The predicted molar refractivity (Wildman–Crippen MR) is 42.8 cm³/mol. The summed E-state index contributed by atoms with van der Waals surface area (Å²) < 4.78 is 0. The monoisotopic (exact) mass is 152 g/mol. The van der Waals surface area contributed by atoms with Crippen molar-refractivity contribution < 1.29 is 4.79 Å². The molecule has 0 bridgehead atoms. The maximum atomic E-state index is 11.5. The number of hydrogen-bond donors (Lipinski definition) is 0. The van der Waals surface area contributed by atoms with Crippen LogP contribution in [0.25, 0.3) is 0 Å². The third kappa shape index (κ3) is 1.55. The number of likely N-dealkylation sites (tertiary alicyclic amines) is 1. The quantitative estimate of drug-likeness (QED) is 0.553. The van der Waals surface area contributed by atoms with Crippen LogP contribution in [0.15, 0.2) is 0 Å². The lowest BCUT2D eigenvalue weighted by molar-refractivity contribution is -0.132. The molecule has 11 heavy (non-hydrogen) atoms. The van der Waals surface area contributed by atoms with Crippen molar-refractivity contribution in [1.82, 2.24) is 4.90 Å². The zero-order valence-electron chi connectivity index (χ0n) is 6.75.